The van der Waals surface area contributed by atoms with E-state index in [9.17, 15) is 9.90 Å². The van der Waals surface area contributed by atoms with Gasteiger partial charge in [0.15, 0.2) is 27.8 Å². The minimum atomic E-state index is -0.980. The zero-order valence-corrected chi connectivity index (χ0v) is 24.2. The van der Waals surface area contributed by atoms with Gasteiger partial charge in [-0.2, -0.15) is 0 Å². The predicted octanol–water partition coefficient (Wildman–Crippen LogP) is 3.96. The van der Waals surface area contributed by atoms with E-state index in [1.165, 1.54) is 11.8 Å². The zero-order valence-electron chi connectivity index (χ0n) is 21.8. The number of nitrogens with zero attached hydrogens (tertiary/aromatic N) is 4. The predicted molar refractivity (Wildman–Crippen MR) is 146 cm³/mol. The van der Waals surface area contributed by atoms with Crippen molar-refractivity contribution in [3.63, 3.8) is 0 Å². The summed E-state index contributed by atoms with van der Waals surface area (Å²) in [6.07, 6.45) is 3.42. The van der Waals surface area contributed by atoms with Crippen molar-refractivity contribution in [2.75, 3.05) is 26.3 Å². The minimum Gasteiger partial charge on any atom is -0.486 e. The van der Waals surface area contributed by atoms with Crippen LogP contribution in [0.15, 0.2) is 33.0 Å². The van der Waals surface area contributed by atoms with E-state index in [1.807, 2.05) is 37.5 Å². The van der Waals surface area contributed by atoms with Gasteiger partial charge in [0.05, 0.1) is 6.33 Å². The number of rotatable bonds is 6. The fourth-order valence-corrected chi connectivity index (χ4v) is 6.09. The maximum Gasteiger partial charge on any atom is 0.251 e. The van der Waals surface area contributed by atoms with Crippen molar-refractivity contribution in [1.29, 1.82) is 5.41 Å². The number of benzene rings is 1. The van der Waals surface area contributed by atoms with E-state index in [0.717, 1.165) is 35.2 Å². The Hall–Kier alpha value is -2.57. The quantitative estimate of drug-likeness (QED) is 0.388. The number of imidazole rings is 1. The van der Waals surface area contributed by atoms with Crippen LogP contribution >= 0.6 is 27.7 Å². The van der Waals surface area contributed by atoms with E-state index in [4.69, 9.17) is 19.9 Å². The highest BCUT2D eigenvalue weighted by Crippen LogP contribution is 2.41. The van der Waals surface area contributed by atoms with Gasteiger partial charge < -0.3 is 29.0 Å². The van der Waals surface area contributed by atoms with E-state index < -0.39 is 11.5 Å². The second-order valence-electron chi connectivity index (χ2n) is 10.9. The van der Waals surface area contributed by atoms with E-state index in [0.29, 0.717) is 60.0 Å². The number of aliphatic hydroxyl groups excluding tert-OH is 1. The summed E-state index contributed by atoms with van der Waals surface area (Å²) in [7, 11) is 0. The summed E-state index contributed by atoms with van der Waals surface area (Å²) in [6.45, 7) is 8.73. The Morgan fingerprint density at radius 2 is 1.95 bits per heavy atom. The van der Waals surface area contributed by atoms with E-state index in [-0.39, 0.29) is 11.4 Å². The number of hydrogen-bond donors (Lipinski definition) is 3. The maximum absolute atomic E-state index is 12.7. The van der Waals surface area contributed by atoms with Crippen molar-refractivity contribution < 1.29 is 19.4 Å². The number of carbonyl (C=O) groups excluding carboxylic acids is 1. The summed E-state index contributed by atoms with van der Waals surface area (Å²) in [6, 6.07) is 3.84. The number of aromatic nitrogens is 4. The van der Waals surface area contributed by atoms with Crippen molar-refractivity contribution in [1.82, 2.24) is 24.4 Å². The third-order valence-corrected chi connectivity index (χ3v) is 8.92. The van der Waals surface area contributed by atoms with Crippen molar-refractivity contribution in [2.45, 2.75) is 62.7 Å². The molecular formula is C26H33BrN6O4S. The molecular weight excluding hydrogens is 572 g/mol. The fraction of sp³-hybridized carbons (Fsp3) is 0.538. The standard InChI is InChI=1S/C26H33BrN6O4S/c1-26(2,3)21(34)24(35)32-7-4-15(5-8-32)6-9-33-14-29-22(28)20-23(33)31-25(30-20)38-19-13-18-17(12-16(19)27)36-10-11-37-18/h12-15,21,28,34H,4-11H2,1-3H3,(H,30,31)/t21-/m1/s1. The molecule has 204 valence electrons. The number of H-pyrrole nitrogens is 1. The topological polar surface area (TPSA) is 129 Å². The molecule has 4 heterocycles. The molecule has 2 aliphatic rings. The number of piperidine rings is 1. The molecule has 2 aliphatic heterocycles. The molecule has 0 radical (unpaired) electrons. The molecule has 5 rings (SSSR count). The number of hydrogen-bond acceptors (Lipinski definition) is 8. The molecule has 3 N–H and O–H groups in total. The molecule has 1 saturated heterocycles. The summed E-state index contributed by atoms with van der Waals surface area (Å²) in [5.41, 5.74) is 0.981. The molecule has 0 bridgehead atoms. The molecule has 1 aromatic carbocycles. The molecule has 1 amide bonds. The summed E-state index contributed by atoms with van der Waals surface area (Å²) in [4.78, 5) is 27.7. The van der Waals surface area contributed by atoms with Crippen LogP contribution in [0.5, 0.6) is 11.5 Å². The molecule has 0 saturated carbocycles. The smallest absolute Gasteiger partial charge is 0.251 e. The van der Waals surface area contributed by atoms with Gasteiger partial charge in [-0.3, -0.25) is 10.2 Å². The van der Waals surface area contributed by atoms with Crippen LogP contribution in [0.2, 0.25) is 0 Å². The first kappa shape index (κ1) is 27.0. The third kappa shape index (κ3) is 5.72. The fourth-order valence-electron chi connectivity index (χ4n) is 4.71. The monoisotopic (exact) mass is 604 g/mol. The number of aromatic amines is 1. The Morgan fingerprint density at radius 1 is 1.26 bits per heavy atom. The lowest BCUT2D eigenvalue weighted by atomic mass is 9.87. The largest absolute Gasteiger partial charge is 0.486 e. The highest BCUT2D eigenvalue weighted by Gasteiger charge is 2.34. The number of carbonyl (C=O) groups is 1. The highest BCUT2D eigenvalue weighted by molar-refractivity contribution is 9.10. The molecule has 38 heavy (non-hydrogen) atoms. The number of halogens is 1. The molecule has 0 aliphatic carbocycles. The van der Waals surface area contributed by atoms with Crippen molar-refractivity contribution in [2.24, 2.45) is 11.3 Å². The zero-order chi connectivity index (χ0) is 27.0. The molecule has 0 unspecified atom stereocenters. The summed E-state index contributed by atoms with van der Waals surface area (Å²) < 4.78 is 14.2. The van der Waals surface area contributed by atoms with Crippen molar-refractivity contribution in [3.8, 4) is 11.5 Å². The number of likely N-dealkylation sites (tertiary alicyclic amines) is 1. The Kier molecular flexibility index (Phi) is 7.74. The number of fused-ring (bicyclic) bond motifs is 2. The van der Waals surface area contributed by atoms with Gasteiger partial charge in [-0.15, -0.1) is 0 Å². The summed E-state index contributed by atoms with van der Waals surface area (Å²) in [5.74, 6) is 1.71. The number of nitrogens with one attached hydrogen (secondary N) is 2. The Labute approximate surface area is 233 Å². The van der Waals surface area contributed by atoms with E-state index in [2.05, 4.69) is 25.9 Å². The first-order valence-corrected chi connectivity index (χ1v) is 14.4. The van der Waals surface area contributed by atoms with Gasteiger partial charge in [-0.05, 0) is 58.7 Å². The molecule has 3 aromatic rings. The number of ether oxygens (including phenoxy) is 2. The van der Waals surface area contributed by atoms with Gasteiger partial charge in [0.25, 0.3) is 5.91 Å². The Balaban J connectivity index is 1.25. The first-order chi connectivity index (χ1) is 18.1. The molecule has 12 heteroatoms. The first-order valence-electron chi connectivity index (χ1n) is 12.8. The molecule has 2 aromatic heterocycles. The van der Waals surface area contributed by atoms with Crippen molar-refractivity contribution >= 4 is 44.8 Å². The lowest BCUT2D eigenvalue weighted by molar-refractivity contribution is -0.147. The van der Waals surface area contributed by atoms with E-state index in [1.54, 1.807) is 11.2 Å². The second-order valence-corrected chi connectivity index (χ2v) is 12.8. The van der Waals surface area contributed by atoms with Gasteiger partial charge in [0.2, 0.25) is 0 Å². The lowest BCUT2D eigenvalue weighted by Gasteiger charge is -2.36. The summed E-state index contributed by atoms with van der Waals surface area (Å²) >= 11 is 5.07. The molecule has 10 nitrogen and oxygen atoms in total. The lowest BCUT2D eigenvalue weighted by Crippen LogP contribution is -2.48. The van der Waals surface area contributed by atoms with Crippen LogP contribution in [0.4, 0.5) is 0 Å². The maximum atomic E-state index is 12.7. The third-order valence-electron chi connectivity index (χ3n) is 7.06. The Bertz CT molecular complexity index is 1390. The normalized spacial score (nSPS) is 17.1. The number of aliphatic hydroxyl groups is 1. The number of aryl methyl sites for hydroxylation is 1. The van der Waals surface area contributed by atoms with Crippen LogP contribution in [0, 0.1) is 16.7 Å². The Morgan fingerprint density at radius 3 is 2.63 bits per heavy atom. The number of amides is 1. The van der Waals surface area contributed by atoms with Crippen LogP contribution in [0.1, 0.15) is 40.0 Å². The summed E-state index contributed by atoms with van der Waals surface area (Å²) in [5, 5.41) is 19.3. The minimum absolute atomic E-state index is 0.154. The average Bonchev–Trinajstić information content (AvgIpc) is 3.32. The van der Waals surface area contributed by atoms with E-state index >= 15 is 0 Å². The van der Waals surface area contributed by atoms with Crippen LogP contribution in [0.25, 0.3) is 11.2 Å². The van der Waals surface area contributed by atoms with Gasteiger partial charge in [-0.1, -0.05) is 32.5 Å². The van der Waals surface area contributed by atoms with Gasteiger partial charge in [-0.25, -0.2) is 9.97 Å². The molecule has 1 fully saturated rings. The highest BCUT2D eigenvalue weighted by atomic mass is 79.9. The van der Waals surface area contributed by atoms with Crippen LogP contribution in [0.3, 0.4) is 0 Å². The van der Waals surface area contributed by atoms with Gasteiger partial charge in [0, 0.05) is 29.0 Å². The van der Waals surface area contributed by atoms with Gasteiger partial charge >= 0.3 is 0 Å². The van der Waals surface area contributed by atoms with Crippen molar-refractivity contribution in [3.05, 3.63) is 28.4 Å². The van der Waals surface area contributed by atoms with Crippen LogP contribution < -0.4 is 15.0 Å². The molecule has 0 spiro atoms. The van der Waals surface area contributed by atoms with Crippen LogP contribution in [-0.4, -0.2) is 67.8 Å². The van der Waals surface area contributed by atoms with Crippen LogP contribution in [-0.2, 0) is 11.3 Å². The average molecular weight is 606 g/mol. The second kappa shape index (κ2) is 10.9. The SMILES string of the molecule is CC(C)(C)[C@H](O)C(=O)N1CCC(CCn2cnc(=N)c3[nH]c(Sc4cc5c(cc4Br)OCCO5)nc32)CC1. The van der Waals surface area contributed by atoms with Gasteiger partial charge in [0.1, 0.15) is 24.8 Å². The molecule has 1 atom stereocenters.